The second-order valence-electron chi connectivity index (χ2n) is 8.19. The molecule has 0 radical (unpaired) electrons. The Labute approximate surface area is 189 Å². The molecule has 4 aromatic rings. The van der Waals surface area contributed by atoms with Gasteiger partial charge in [0.25, 0.3) is 0 Å². The van der Waals surface area contributed by atoms with Crippen molar-refractivity contribution in [3.63, 3.8) is 0 Å². The van der Waals surface area contributed by atoms with Crippen molar-refractivity contribution in [2.75, 3.05) is 0 Å². The lowest BCUT2D eigenvalue weighted by molar-refractivity contribution is 0.434. The molecular weight excluding hydrogens is 388 g/mol. The highest BCUT2D eigenvalue weighted by molar-refractivity contribution is 5.70. The highest BCUT2D eigenvalue weighted by Crippen LogP contribution is 2.55. The maximum Gasteiger partial charge on any atom is 0.132 e. The van der Waals surface area contributed by atoms with Gasteiger partial charge in [-0.15, -0.1) is 12.8 Å². The predicted octanol–water partition coefficient (Wildman–Crippen LogP) is 6.75. The molecule has 0 spiro atoms. The second-order valence-corrected chi connectivity index (χ2v) is 8.19. The van der Waals surface area contributed by atoms with Gasteiger partial charge in [0.15, 0.2) is 0 Å². The largest absolute Gasteiger partial charge is 0.457 e. The van der Waals surface area contributed by atoms with Crippen LogP contribution >= 0.6 is 0 Å². The number of rotatable bonds is 2. The fourth-order valence-corrected chi connectivity index (χ4v) is 4.90. The first kappa shape index (κ1) is 19.7. The minimum atomic E-state index is -0.568. The van der Waals surface area contributed by atoms with E-state index < -0.39 is 5.41 Å². The number of ether oxygens (including phenoxy) is 1. The van der Waals surface area contributed by atoms with Crippen LogP contribution in [0.1, 0.15) is 44.5 Å². The molecule has 0 atom stereocenters. The summed E-state index contributed by atoms with van der Waals surface area (Å²) in [7, 11) is 0. The van der Waals surface area contributed by atoms with Crippen LogP contribution in [0, 0.1) is 38.5 Å². The number of fused-ring (bicyclic) bond motifs is 2. The summed E-state index contributed by atoms with van der Waals surface area (Å²) in [5.41, 5.74) is 7.86. The van der Waals surface area contributed by atoms with Gasteiger partial charge in [-0.1, -0.05) is 72.5 Å². The summed E-state index contributed by atoms with van der Waals surface area (Å²) in [4.78, 5) is 0. The van der Waals surface area contributed by atoms with Crippen LogP contribution in [0.3, 0.4) is 0 Å². The lowest BCUT2D eigenvalue weighted by Crippen LogP contribution is -2.34. The van der Waals surface area contributed by atoms with Gasteiger partial charge in [-0.2, -0.15) is 0 Å². The maximum absolute atomic E-state index is 6.36. The molecule has 0 unspecified atom stereocenters. The lowest BCUT2D eigenvalue weighted by Gasteiger charge is -2.41. The number of para-hydroxylation sites is 2. The first-order valence-electron chi connectivity index (χ1n) is 10.6. The Bertz CT molecular complexity index is 1330. The van der Waals surface area contributed by atoms with Gasteiger partial charge in [0, 0.05) is 22.3 Å². The van der Waals surface area contributed by atoms with Gasteiger partial charge in [-0.05, 0) is 60.4 Å². The molecule has 0 saturated carbocycles. The average Bonchev–Trinajstić information content (AvgIpc) is 2.82. The first-order chi connectivity index (χ1) is 15.6. The summed E-state index contributed by atoms with van der Waals surface area (Å²) < 4.78 is 6.36. The van der Waals surface area contributed by atoms with E-state index in [0.29, 0.717) is 0 Å². The Kier molecular flexibility index (Phi) is 4.62. The van der Waals surface area contributed by atoms with Crippen molar-refractivity contribution in [3.05, 3.63) is 129 Å². The molecule has 0 aromatic heterocycles. The molecule has 0 N–H and O–H groups in total. The number of terminal acetylenes is 2. The van der Waals surface area contributed by atoms with Crippen molar-refractivity contribution in [1.82, 2.24) is 0 Å². The highest BCUT2D eigenvalue weighted by atomic mass is 16.5. The van der Waals surface area contributed by atoms with E-state index in [1.807, 2.05) is 36.4 Å². The van der Waals surface area contributed by atoms with E-state index in [2.05, 4.69) is 74.2 Å². The molecule has 0 fully saturated rings. The minimum Gasteiger partial charge on any atom is -0.457 e. The van der Waals surface area contributed by atoms with Gasteiger partial charge in [0.05, 0.1) is 5.41 Å². The molecule has 0 saturated heterocycles. The summed E-state index contributed by atoms with van der Waals surface area (Å²) in [5.74, 6) is 7.29. The SMILES string of the molecule is C#Cc1ccc(C2(c3ccc(C#C)c(C)c3)c3ccccc3Oc3ccccc32)cc1C. The van der Waals surface area contributed by atoms with Crippen molar-refractivity contribution >= 4 is 0 Å². The molecule has 0 amide bonds. The molecule has 1 aliphatic heterocycles. The molecule has 1 heterocycles. The van der Waals surface area contributed by atoms with E-state index >= 15 is 0 Å². The van der Waals surface area contributed by atoms with E-state index in [1.54, 1.807) is 0 Å². The molecule has 1 nitrogen and oxygen atoms in total. The monoisotopic (exact) mass is 410 g/mol. The normalized spacial score (nSPS) is 13.1. The average molecular weight is 411 g/mol. The van der Waals surface area contributed by atoms with Crippen LogP contribution in [0.25, 0.3) is 0 Å². The van der Waals surface area contributed by atoms with Crippen LogP contribution < -0.4 is 4.74 Å². The van der Waals surface area contributed by atoms with Crippen LogP contribution in [0.15, 0.2) is 84.9 Å². The zero-order valence-corrected chi connectivity index (χ0v) is 18.1. The summed E-state index contributed by atoms with van der Waals surface area (Å²) in [6.45, 7) is 4.13. The standard InChI is InChI=1S/C31H22O/c1-5-23-15-17-25(19-21(23)3)31(26-18-16-24(6-2)22(4)20-26)27-11-7-9-13-29(27)32-30-14-10-8-12-28(30)31/h1-2,7-20H,3-4H3. The summed E-state index contributed by atoms with van der Waals surface area (Å²) >= 11 is 0. The minimum absolute atomic E-state index is 0.568. The van der Waals surface area contributed by atoms with Gasteiger partial charge < -0.3 is 4.74 Å². The first-order valence-corrected chi connectivity index (χ1v) is 10.6. The van der Waals surface area contributed by atoms with E-state index in [1.165, 1.54) is 0 Å². The van der Waals surface area contributed by atoms with Gasteiger partial charge in [0.2, 0.25) is 0 Å². The number of hydrogen-bond donors (Lipinski definition) is 0. The molecule has 4 aromatic carbocycles. The lowest BCUT2D eigenvalue weighted by atomic mass is 9.63. The summed E-state index contributed by atoms with van der Waals surface area (Å²) in [6.07, 6.45) is 11.5. The van der Waals surface area contributed by atoms with E-state index in [9.17, 15) is 0 Å². The van der Waals surface area contributed by atoms with Gasteiger partial charge in [-0.3, -0.25) is 0 Å². The molecule has 1 aliphatic rings. The van der Waals surface area contributed by atoms with E-state index in [4.69, 9.17) is 17.6 Å². The van der Waals surface area contributed by atoms with Crippen LogP contribution in [-0.2, 0) is 5.41 Å². The Hall–Kier alpha value is -4.20. The van der Waals surface area contributed by atoms with Crippen LogP contribution in [0.4, 0.5) is 0 Å². The Balaban J connectivity index is 1.96. The topological polar surface area (TPSA) is 9.23 Å². The van der Waals surface area contributed by atoms with E-state index in [-0.39, 0.29) is 0 Å². The van der Waals surface area contributed by atoms with Crippen molar-refractivity contribution in [2.45, 2.75) is 19.3 Å². The fraction of sp³-hybridized carbons (Fsp3) is 0.0968. The molecule has 0 bridgehead atoms. The Morgan fingerprint density at radius 2 is 1.06 bits per heavy atom. The third-order valence-corrected chi connectivity index (χ3v) is 6.43. The van der Waals surface area contributed by atoms with Crippen molar-refractivity contribution in [3.8, 4) is 36.2 Å². The summed E-state index contributed by atoms with van der Waals surface area (Å²) in [5, 5.41) is 0. The van der Waals surface area contributed by atoms with Gasteiger partial charge in [0.1, 0.15) is 11.5 Å². The zero-order valence-electron chi connectivity index (χ0n) is 18.1. The van der Waals surface area contributed by atoms with Gasteiger partial charge >= 0.3 is 0 Å². The van der Waals surface area contributed by atoms with Crippen molar-refractivity contribution in [2.24, 2.45) is 0 Å². The van der Waals surface area contributed by atoms with Crippen LogP contribution in [0.2, 0.25) is 0 Å². The quantitative estimate of drug-likeness (QED) is 0.292. The van der Waals surface area contributed by atoms with Crippen LogP contribution in [-0.4, -0.2) is 0 Å². The fourth-order valence-electron chi connectivity index (χ4n) is 4.90. The van der Waals surface area contributed by atoms with Crippen LogP contribution in [0.5, 0.6) is 11.5 Å². The Morgan fingerprint density at radius 3 is 1.47 bits per heavy atom. The third kappa shape index (κ3) is 2.76. The molecule has 1 heteroatoms. The number of benzene rings is 4. The van der Waals surface area contributed by atoms with Gasteiger partial charge in [-0.25, -0.2) is 0 Å². The third-order valence-electron chi connectivity index (χ3n) is 6.43. The molecule has 5 rings (SSSR count). The summed E-state index contributed by atoms with van der Waals surface area (Å²) in [6, 6.07) is 29.3. The van der Waals surface area contributed by atoms with Crippen molar-refractivity contribution in [1.29, 1.82) is 0 Å². The number of hydrogen-bond acceptors (Lipinski definition) is 1. The molecule has 0 aliphatic carbocycles. The second kappa shape index (κ2) is 7.49. The molecular formula is C31H22O. The maximum atomic E-state index is 6.36. The predicted molar refractivity (Wildman–Crippen MR) is 130 cm³/mol. The smallest absolute Gasteiger partial charge is 0.132 e. The highest BCUT2D eigenvalue weighted by Gasteiger charge is 2.45. The molecule has 32 heavy (non-hydrogen) atoms. The van der Waals surface area contributed by atoms with Crippen molar-refractivity contribution < 1.29 is 4.74 Å². The number of aryl methyl sites for hydroxylation is 2. The Morgan fingerprint density at radius 1 is 0.625 bits per heavy atom. The zero-order chi connectivity index (χ0) is 22.3. The van der Waals surface area contributed by atoms with E-state index in [0.717, 1.165) is 56.0 Å². The molecule has 152 valence electrons.